The fraction of sp³-hybridized carbons (Fsp3) is 0.750. The van der Waals surface area contributed by atoms with Gasteiger partial charge in [-0.05, 0) is 92.1 Å². The van der Waals surface area contributed by atoms with Gasteiger partial charge in [0.25, 0.3) is 0 Å². The van der Waals surface area contributed by atoms with Crippen molar-refractivity contribution in [2.75, 3.05) is 0 Å². The third-order valence-corrected chi connectivity index (χ3v) is 11.0. The van der Waals surface area contributed by atoms with Crippen molar-refractivity contribution in [3.63, 3.8) is 0 Å². The summed E-state index contributed by atoms with van der Waals surface area (Å²) in [7, 11) is 0. The van der Waals surface area contributed by atoms with Crippen LogP contribution >= 0.6 is 0 Å². The molecule has 5 aliphatic rings. The summed E-state index contributed by atoms with van der Waals surface area (Å²) in [6, 6.07) is 3.49. The molecule has 7 heteroatoms. The van der Waals surface area contributed by atoms with Crippen molar-refractivity contribution in [2.45, 2.75) is 102 Å². The Kier molecular flexibility index (Phi) is 5.27. The van der Waals surface area contributed by atoms with E-state index in [1.54, 1.807) is 12.3 Å². The standard InChI is InChI=1S/C28H36O7/c1-26-11-9-18(34-25(32)8-6-23(29)30)13-17(26)4-5-20-19(26)10-12-27(2)21(14-22-28(20,27)35-22)16-3-7-24(31)33-15-16/h3,7,15,17-22H,4-6,8-14H2,1-2H3,(H,29,30)/t17-,18+,19+,20-,21-,22-,26+,27-,28-/m1/s1. The molecule has 1 aromatic heterocycles. The van der Waals surface area contributed by atoms with Gasteiger partial charge in [-0.1, -0.05) is 13.8 Å². The number of ether oxygens (including phenoxy) is 2. The van der Waals surface area contributed by atoms with Crippen LogP contribution in [0.2, 0.25) is 0 Å². The molecule has 2 heterocycles. The molecule has 1 N–H and O–H groups in total. The van der Waals surface area contributed by atoms with Crippen LogP contribution in [0, 0.1) is 28.6 Å². The minimum Gasteiger partial charge on any atom is -0.481 e. The van der Waals surface area contributed by atoms with Gasteiger partial charge in [0, 0.05) is 11.5 Å². The molecule has 1 aromatic rings. The highest BCUT2D eigenvalue weighted by atomic mass is 16.6. The Morgan fingerprint density at radius 3 is 2.63 bits per heavy atom. The maximum absolute atomic E-state index is 12.1. The lowest BCUT2D eigenvalue weighted by molar-refractivity contribution is -0.165. The molecule has 35 heavy (non-hydrogen) atoms. The van der Waals surface area contributed by atoms with Gasteiger partial charge in [0.05, 0.1) is 25.2 Å². The minimum absolute atomic E-state index is 0.0513. The van der Waals surface area contributed by atoms with E-state index in [0.29, 0.717) is 29.8 Å². The molecule has 1 aliphatic heterocycles. The molecule has 4 aliphatic carbocycles. The van der Waals surface area contributed by atoms with E-state index >= 15 is 0 Å². The monoisotopic (exact) mass is 484 g/mol. The van der Waals surface area contributed by atoms with Crippen LogP contribution in [0.5, 0.6) is 0 Å². The first-order valence-electron chi connectivity index (χ1n) is 13.4. The van der Waals surface area contributed by atoms with E-state index in [4.69, 9.17) is 19.0 Å². The molecule has 0 radical (unpaired) electrons. The van der Waals surface area contributed by atoms with Gasteiger partial charge in [-0.15, -0.1) is 0 Å². The van der Waals surface area contributed by atoms with Crippen molar-refractivity contribution in [3.05, 3.63) is 34.4 Å². The molecule has 190 valence electrons. The Morgan fingerprint density at radius 1 is 1.06 bits per heavy atom. The Labute approximate surface area is 205 Å². The van der Waals surface area contributed by atoms with Gasteiger partial charge in [0.15, 0.2) is 0 Å². The van der Waals surface area contributed by atoms with Crippen molar-refractivity contribution >= 4 is 11.9 Å². The highest BCUT2D eigenvalue weighted by Crippen LogP contribution is 2.78. The van der Waals surface area contributed by atoms with E-state index in [0.717, 1.165) is 50.5 Å². The zero-order valence-electron chi connectivity index (χ0n) is 20.7. The third-order valence-electron chi connectivity index (χ3n) is 11.0. The summed E-state index contributed by atoms with van der Waals surface area (Å²) in [5.41, 5.74) is 1.04. The van der Waals surface area contributed by atoms with Crippen LogP contribution in [0.15, 0.2) is 27.6 Å². The lowest BCUT2D eigenvalue weighted by Gasteiger charge is -2.61. The SMILES string of the molecule is C[C@]12CC[C@H](OC(=O)CCC(=O)O)C[C@H]1CC[C@@H]1[C@@H]2CC[C@]2(C)[C@@H](c3ccc(=O)oc3)C[C@H]3O[C@]132. The largest absolute Gasteiger partial charge is 0.481 e. The van der Waals surface area contributed by atoms with Crippen LogP contribution in [0.4, 0.5) is 0 Å². The predicted molar refractivity (Wildman–Crippen MR) is 126 cm³/mol. The number of esters is 1. The smallest absolute Gasteiger partial charge is 0.335 e. The number of epoxide rings is 1. The van der Waals surface area contributed by atoms with Gasteiger partial charge in [-0.25, -0.2) is 4.79 Å². The molecule has 1 saturated heterocycles. The van der Waals surface area contributed by atoms with Crippen LogP contribution < -0.4 is 5.63 Å². The van der Waals surface area contributed by atoms with Crippen molar-refractivity contribution in [1.82, 2.24) is 0 Å². The van der Waals surface area contributed by atoms with Crippen LogP contribution in [0.1, 0.15) is 89.5 Å². The maximum Gasteiger partial charge on any atom is 0.335 e. The molecule has 0 unspecified atom stereocenters. The molecule has 0 aromatic carbocycles. The average molecular weight is 485 g/mol. The summed E-state index contributed by atoms with van der Waals surface area (Å²) in [6.07, 6.45) is 10.0. The predicted octanol–water partition coefficient (Wildman–Crippen LogP) is 4.67. The number of carboxylic acid groups (broad SMARTS) is 1. The zero-order chi connectivity index (χ0) is 24.6. The van der Waals surface area contributed by atoms with Gasteiger partial charge in [0.1, 0.15) is 11.7 Å². The van der Waals surface area contributed by atoms with E-state index in [1.807, 2.05) is 6.07 Å². The van der Waals surface area contributed by atoms with Gasteiger partial charge < -0.3 is 19.0 Å². The molecule has 4 saturated carbocycles. The Hall–Kier alpha value is -2.15. The van der Waals surface area contributed by atoms with Gasteiger partial charge in [-0.2, -0.15) is 0 Å². The first-order chi connectivity index (χ1) is 16.7. The quantitative estimate of drug-likeness (QED) is 0.478. The van der Waals surface area contributed by atoms with Crippen LogP contribution in [0.3, 0.4) is 0 Å². The van der Waals surface area contributed by atoms with Crippen LogP contribution in [-0.4, -0.2) is 34.9 Å². The summed E-state index contributed by atoms with van der Waals surface area (Å²) >= 11 is 0. The highest BCUT2D eigenvalue weighted by Gasteiger charge is 2.80. The van der Waals surface area contributed by atoms with Crippen molar-refractivity contribution in [1.29, 1.82) is 0 Å². The molecule has 0 amide bonds. The Bertz CT molecular complexity index is 1070. The van der Waals surface area contributed by atoms with Crippen LogP contribution in [0.25, 0.3) is 0 Å². The number of hydrogen-bond acceptors (Lipinski definition) is 6. The summed E-state index contributed by atoms with van der Waals surface area (Å²) in [4.78, 5) is 34.4. The van der Waals surface area contributed by atoms with E-state index < -0.39 is 5.97 Å². The summed E-state index contributed by atoms with van der Waals surface area (Å²) in [5, 5.41) is 8.83. The molecule has 5 fully saturated rings. The summed E-state index contributed by atoms with van der Waals surface area (Å²) in [6.45, 7) is 4.87. The fourth-order valence-corrected chi connectivity index (χ4v) is 9.28. The average Bonchev–Trinajstić information content (AvgIpc) is 3.48. The number of fused-ring (bicyclic) bond motifs is 3. The number of carbonyl (C=O) groups is 2. The third kappa shape index (κ3) is 3.36. The lowest BCUT2D eigenvalue weighted by Crippen LogP contribution is -2.58. The second-order valence-corrected chi connectivity index (χ2v) is 12.3. The summed E-state index contributed by atoms with van der Waals surface area (Å²) < 4.78 is 17.6. The van der Waals surface area contributed by atoms with E-state index in [-0.39, 0.29) is 47.0 Å². The van der Waals surface area contributed by atoms with Gasteiger partial charge in [0.2, 0.25) is 0 Å². The molecule has 0 bridgehead atoms. The molecule has 7 nitrogen and oxygen atoms in total. The maximum atomic E-state index is 12.1. The normalized spacial score (nSPS) is 45.4. The molecular formula is C28H36O7. The van der Waals surface area contributed by atoms with E-state index in [9.17, 15) is 14.4 Å². The summed E-state index contributed by atoms with van der Waals surface area (Å²) in [5.74, 6) is 0.682. The molecule has 6 rings (SSSR count). The van der Waals surface area contributed by atoms with Gasteiger partial charge in [-0.3, -0.25) is 9.59 Å². The minimum atomic E-state index is -0.966. The van der Waals surface area contributed by atoms with Crippen molar-refractivity contribution in [2.24, 2.45) is 28.6 Å². The zero-order valence-corrected chi connectivity index (χ0v) is 20.7. The van der Waals surface area contributed by atoms with Crippen LogP contribution in [-0.2, 0) is 19.1 Å². The molecular weight excluding hydrogens is 448 g/mol. The van der Waals surface area contributed by atoms with Crippen molar-refractivity contribution in [3.8, 4) is 0 Å². The number of carbonyl (C=O) groups excluding carboxylic acids is 1. The van der Waals surface area contributed by atoms with Gasteiger partial charge >= 0.3 is 17.6 Å². The molecule has 9 atom stereocenters. The first kappa shape index (κ1) is 23.3. The Morgan fingerprint density at radius 2 is 1.89 bits per heavy atom. The number of carboxylic acids is 1. The highest BCUT2D eigenvalue weighted by molar-refractivity contribution is 5.76. The Balaban J connectivity index is 1.18. The fourth-order valence-electron chi connectivity index (χ4n) is 9.28. The number of hydrogen-bond donors (Lipinski definition) is 1. The number of aliphatic carboxylic acids is 1. The van der Waals surface area contributed by atoms with E-state index in [2.05, 4.69) is 13.8 Å². The van der Waals surface area contributed by atoms with E-state index in [1.165, 1.54) is 6.42 Å². The first-order valence-corrected chi connectivity index (χ1v) is 13.4. The van der Waals surface area contributed by atoms with Crippen molar-refractivity contribution < 1.29 is 28.6 Å². The molecule has 1 spiro atoms. The second-order valence-electron chi connectivity index (χ2n) is 12.3. The lowest BCUT2D eigenvalue weighted by atomic mass is 9.44. The topological polar surface area (TPSA) is 106 Å². The second kappa shape index (κ2) is 7.92. The number of rotatable bonds is 5.